The van der Waals surface area contributed by atoms with Crippen molar-refractivity contribution < 1.29 is 14.3 Å². The van der Waals surface area contributed by atoms with Gasteiger partial charge in [0, 0.05) is 18.8 Å². The van der Waals surface area contributed by atoms with Crippen LogP contribution in [-0.2, 0) is 14.3 Å². The quantitative estimate of drug-likeness (QED) is 0.616. The van der Waals surface area contributed by atoms with Crippen LogP contribution in [0, 0.1) is 5.41 Å². The van der Waals surface area contributed by atoms with Gasteiger partial charge in [0.25, 0.3) is 0 Å². The van der Waals surface area contributed by atoms with Crippen LogP contribution in [0.1, 0.15) is 45.4 Å². The van der Waals surface area contributed by atoms with Gasteiger partial charge in [0.05, 0.1) is 5.60 Å². The van der Waals surface area contributed by atoms with Gasteiger partial charge in [0.15, 0.2) is 0 Å². The van der Waals surface area contributed by atoms with Crippen molar-refractivity contribution in [3.8, 4) is 0 Å². The van der Waals surface area contributed by atoms with Crippen LogP contribution < -0.4 is 0 Å². The van der Waals surface area contributed by atoms with E-state index in [0.29, 0.717) is 5.41 Å². The van der Waals surface area contributed by atoms with Gasteiger partial charge in [-0.25, -0.2) is 0 Å². The molecule has 2 unspecified atom stereocenters. The van der Waals surface area contributed by atoms with Crippen molar-refractivity contribution in [1.82, 2.24) is 0 Å². The minimum atomic E-state index is -0.159. The number of hydrogen-bond donors (Lipinski definition) is 0. The van der Waals surface area contributed by atoms with E-state index in [1.165, 1.54) is 39.0 Å². The molecule has 0 aromatic carbocycles. The average Bonchev–Trinajstić information content (AvgIpc) is 2.94. The molecule has 3 aliphatic carbocycles. The molecule has 2 atom stereocenters. The van der Waals surface area contributed by atoms with Crippen molar-refractivity contribution in [2.75, 3.05) is 0 Å². The van der Waals surface area contributed by atoms with Crippen molar-refractivity contribution in [2.24, 2.45) is 5.41 Å². The summed E-state index contributed by atoms with van der Waals surface area (Å²) in [5.74, 6) is -0.159. The zero-order valence-corrected chi connectivity index (χ0v) is 9.04. The standard InChI is InChI=1S/C12H16O3/c1-8(13)14-9-6-12(9)10(2-3-10)7-11(15-12)4-5-11/h9H,2-7H2,1H3. The van der Waals surface area contributed by atoms with Crippen molar-refractivity contribution in [1.29, 1.82) is 0 Å². The molecule has 3 saturated carbocycles. The lowest BCUT2D eigenvalue weighted by molar-refractivity contribution is -0.146. The Kier molecular flexibility index (Phi) is 1.20. The highest BCUT2D eigenvalue weighted by Crippen LogP contribution is 2.78. The topological polar surface area (TPSA) is 35.5 Å². The molecule has 3 heteroatoms. The number of hydrogen-bond acceptors (Lipinski definition) is 3. The van der Waals surface area contributed by atoms with Crippen LogP contribution in [0.5, 0.6) is 0 Å². The van der Waals surface area contributed by atoms with E-state index in [0.717, 1.165) is 6.42 Å². The summed E-state index contributed by atoms with van der Waals surface area (Å²) in [5, 5.41) is 0. The normalized spacial score (nSPS) is 46.1. The molecule has 0 aromatic rings. The molecule has 4 rings (SSSR count). The van der Waals surface area contributed by atoms with Gasteiger partial charge < -0.3 is 9.47 Å². The van der Waals surface area contributed by atoms with E-state index < -0.39 is 0 Å². The molecule has 0 bridgehead atoms. The summed E-state index contributed by atoms with van der Waals surface area (Å²) < 4.78 is 11.6. The molecule has 0 radical (unpaired) electrons. The average molecular weight is 208 g/mol. The molecule has 1 aliphatic heterocycles. The molecule has 0 N–H and O–H groups in total. The van der Waals surface area contributed by atoms with Crippen molar-refractivity contribution in [2.45, 2.75) is 62.8 Å². The van der Waals surface area contributed by atoms with Crippen LogP contribution >= 0.6 is 0 Å². The molecule has 1 saturated heterocycles. The van der Waals surface area contributed by atoms with Crippen molar-refractivity contribution in [3.63, 3.8) is 0 Å². The largest absolute Gasteiger partial charge is 0.459 e. The van der Waals surface area contributed by atoms with E-state index in [1.54, 1.807) is 0 Å². The molecule has 0 aromatic heterocycles. The summed E-state index contributed by atoms with van der Waals surface area (Å²) in [6, 6.07) is 0. The summed E-state index contributed by atoms with van der Waals surface area (Å²) in [6.45, 7) is 1.49. The van der Waals surface area contributed by atoms with E-state index in [9.17, 15) is 4.79 Å². The first kappa shape index (κ1) is 8.57. The van der Waals surface area contributed by atoms with Crippen LogP contribution in [-0.4, -0.2) is 23.3 Å². The summed E-state index contributed by atoms with van der Waals surface area (Å²) in [4.78, 5) is 11.0. The molecule has 82 valence electrons. The Morgan fingerprint density at radius 3 is 2.60 bits per heavy atom. The Morgan fingerprint density at radius 1 is 1.33 bits per heavy atom. The Balaban J connectivity index is 1.60. The third-order valence-corrected chi connectivity index (χ3v) is 4.77. The third kappa shape index (κ3) is 0.930. The number of rotatable bonds is 1. The monoisotopic (exact) mass is 208 g/mol. The Bertz CT molecular complexity index is 354. The van der Waals surface area contributed by atoms with E-state index in [-0.39, 0.29) is 23.3 Å². The molecule has 3 nitrogen and oxygen atoms in total. The molecule has 4 aliphatic rings. The SMILES string of the molecule is CC(=O)OC1CC12OC1(CC1)CC21CC1. The number of esters is 1. The fourth-order valence-electron chi connectivity index (χ4n) is 3.69. The lowest BCUT2D eigenvalue weighted by Crippen LogP contribution is -2.26. The summed E-state index contributed by atoms with van der Waals surface area (Å²) >= 11 is 0. The Hall–Kier alpha value is -0.570. The zero-order chi connectivity index (χ0) is 10.3. The van der Waals surface area contributed by atoms with Crippen LogP contribution in [0.3, 0.4) is 0 Å². The molecular formula is C12H16O3. The van der Waals surface area contributed by atoms with Gasteiger partial charge in [-0.1, -0.05) is 0 Å². The van der Waals surface area contributed by atoms with E-state index in [1.807, 2.05) is 0 Å². The van der Waals surface area contributed by atoms with E-state index in [4.69, 9.17) is 9.47 Å². The van der Waals surface area contributed by atoms with Gasteiger partial charge in [-0.2, -0.15) is 0 Å². The number of ether oxygens (including phenoxy) is 2. The second-order valence-electron chi connectivity index (χ2n) is 5.93. The van der Waals surface area contributed by atoms with Crippen molar-refractivity contribution >= 4 is 5.97 Å². The predicted octanol–water partition coefficient (Wildman–Crippen LogP) is 1.79. The Labute approximate surface area is 89.1 Å². The van der Waals surface area contributed by atoms with E-state index in [2.05, 4.69) is 0 Å². The minimum Gasteiger partial charge on any atom is -0.459 e. The van der Waals surface area contributed by atoms with Crippen LogP contribution in [0.2, 0.25) is 0 Å². The molecule has 4 fully saturated rings. The molecule has 0 amide bonds. The highest BCUT2D eigenvalue weighted by Gasteiger charge is 2.82. The number of carbonyl (C=O) groups is 1. The van der Waals surface area contributed by atoms with Crippen molar-refractivity contribution in [3.05, 3.63) is 0 Å². The van der Waals surface area contributed by atoms with Crippen LogP contribution in [0.15, 0.2) is 0 Å². The maximum Gasteiger partial charge on any atom is 0.303 e. The molecular weight excluding hydrogens is 192 g/mol. The predicted molar refractivity (Wildman–Crippen MR) is 52.2 cm³/mol. The van der Waals surface area contributed by atoms with Crippen LogP contribution in [0.4, 0.5) is 0 Å². The maximum absolute atomic E-state index is 11.0. The summed E-state index contributed by atoms with van der Waals surface area (Å²) in [7, 11) is 0. The first-order valence-electron chi connectivity index (χ1n) is 5.97. The first-order valence-corrected chi connectivity index (χ1v) is 5.97. The second-order valence-corrected chi connectivity index (χ2v) is 5.93. The third-order valence-electron chi connectivity index (χ3n) is 4.77. The molecule has 3 spiro atoms. The van der Waals surface area contributed by atoms with Crippen LogP contribution in [0.25, 0.3) is 0 Å². The summed E-state index contributed by atoms with van der Waals surface area (Å²) in [6.07, 6.45) is 7.27. The van der Waals surface area contributed by atoms with Gasteiger partial charge >= 0.3 is 5.97 Å². The van der Waals surface area contributed by atoms with Gasteiger partial charge in [-0.05, 0) is 32.1 Å². The number of fused-ring (bicyclic) bond motifs is 1. The maximum atomic E-state index is 11.0. The first-order chi connectivity index (χ1) is 7.10. The van der Waals surface area contributed by atoms with E-state index >= 15 is 0 Å². The fourth-order valence-corrected chi connectivity index (χ4v) is 3.69. The Morgan fingerprint density at radius 2 is 2.07 bits per heavy atom. The zero-order valence-electron chi connectivity index (χ0n) is 9.04. The molecule has 15 heavy (non-hydrogen) atoms. The summed E-state index contributed by atoms with van der Waals surface area (Å²) in [5.41, 5.74) is 0.574. The van der Waals surface area contributed by atoms with Gasteiger partial charge in [-0.3, -0.25) is 4.79 Å². The fraction of sp³-hybridized carbons (Fsp3) is 0.917. The number of carbonyl (C=O) groups excluding carboxylic acids is 1. The smallest absolute Gasteiger partial charge is 0.303 e. The second kappa shape index (κ2) is 2.10. The van der Waals surface area contributed by atoms with Gasteiger partial charge in [0.2, 0.25) is 0 Å². The van der Waals surface area contributed by atoms with Gasteiger partial charge in [-0.15, -0.1) is 0 Å². The highest BCUT2D eigenvalue weighted by atomic mass is 16.6. The minimum absolute atomic E-state index is 0.0465. The molecule has 1 heterocycles. The lowest BCUT2D eigenvalue weighted by Gasteiger charge is -2.17. The lowest BCUT2D eigenvalue weighted by atomic mass is 9.93. The highest BCUT2D eigenvalue weighted by molar-refractivity contribution is 5.67. The van der Waals surface area contributed by atoms with Gasteiger partial charge in [0.1, 0.15) is 11.7 Å².